The van der Waals surface area contributed by atoms with Crippen LogP contribution in [-0.4, -0.2) is 11.7 Å². The molecular weight excluding hydrogens is 298 g/mol. The van der Waals surface area contributed by atoms with Crippen LogP contribution in [0.2, 0.25) is 5.02 Å². The molecule has 0 aromatic heterocycles. The van der Waals surface area contributed by atoms with Gasteiger partial charge in [-0.2, -0.15) is 0 Å². The zero-order valence-electron chi connectivity index (χ0n) is 12.4. The van der Waals surface area contributed by atoms with Crippen LogP contribution in [0.1, 0.15) is 35.2 Å². The predicted octanol–water partition coefficient (Wildman–Crippen LogP) is 4.64. The highest BCUT2D eigenvalue weighted by Gasteiger charge is 2.08. The largest absolute Gasteiger partial charge is 0.326 e. The number of amides is 1. The molecule has 0 aliphatic carbocycles. The molecule has 1 N–H and O–H groups in total. The summed E-state index contributed by atoms with van der Waals surface area (Å²) in [5.41, 5.74) is 2.36. The highest BCUT2D eigenvalue weighted by molar-refractivity contribution is 6.31. The summed E-state index contributed by atoms with van der Waals surface area (Å²) in [6.07, 6.45) is 1.20. The minimum Gasteiger partial charge on any atom is -0.326 e. The van der Waals surface area contributed by atoms with E-state index in [1.54, 1.807) is 24.3 Å². The normalized spacial score (nSPS) is 10.3. The van der Waals surface area contributed by atoms with Gasteiger partial charge < -0.3 is 5.32 Å². The quantitative estimate of drug-likeness (QED) is 0.789. The first-order valence-electron chi connectivity index (χ1n) is 7.20. The summed E-state index contributed by atoms with van der Waals surface area (Å²) in [6, 6.07) is 14.5. The summed E-state index contributed by atoms with van der Waals surface area (Å²) in [4.78, 5) is 23.9. The molecule has 0 saturated carbocycles. The maximum Gasteiger partial charge on any atom is 0.224 e. The van der Waals surface area contributed by atoms with Gasteiger partial charge >= 0.3 is 0 Å². The Bertz CT molecular complexity index is 668. The fourth-order valence-corrected chi connectivity index (χ4v) is 2.29. The van der Waals surface area contributed by atoms with Crippen LogP contribution in [0.4, 0.5) is 5.69 Å². The van der Waals surface area contributed by atoms with Crippen LogP contribution < -0.4 is 5.32 Å². The van der Waals surface area contributed by atoms with Crippen molar-refractivity contribution in [1.29, 1.82) is 0 Å². The second kappa shape index (κ2) is 7.76. The third kappa shape index (κ3) is 4.71. The van der Waals surface area contributed by atoms with Gasteiger partial charge in [-0.05, 0) is 31.0 Å². The molecule has 0 radical (unpaired) electrons. The van der Waals surface area contributed by atoms with Gasteiger partial charge in [-0.3, -0.25) is 9.59 Å². The molecule has 2 aromatic rings. The molecule has 0 bridgehead atoms. The van der Waals surface area contributed by atoms with Crippen molar-refractivity contribution in [3.8, 4) is 0 Å². The Kier molecular flexibility index (Phi) is 5.73. The first-order chi connectivity index (χ1) is 10.6. The highest BCUT2D eigenvalue weighted by Crippen LogP contribution is 2.20. The van der Waals surface area contributed by atoms with Gasteiger partial charge in [-0.15, -0.1) is 0 Å². The first kappa shape index (κ1) is 16.2. The third-order valence-electron chi connectivity index (χ3n) is 3.38. The maximum absolute atomic E-state index is 11.9. The molecular formula is C18H18ClNO2. The molecule has 114 valence electrons. The number of anilines is 1. The van der Waals surface area contributed by atoms with Crippen LogP contribution in [0.5, 0.6) is 0 Å². The van der Waals surface area contributed by atoms with Crippen molar-refractivity contribution in [1.82, 2.24) is 0 Å². The number of carbonyl (C=O) groups excluding carboxylic acids is 2. The van der Waals surface area contributed by atoms with E-state index >= 15 is 0 Å². The van der Waals surface area contributed by atoms with Gasteiger partial charge in [0.15, 0.2) is 5.78 Å². The lowest BCUT2D eigenvalue weighted by atomic mass is 10.1. The number of hydrogen-bond donors (Lipinski definition) is 1. The van der Waals surface area contributed by atoms with Crippen molar-refractivity contribution in [3.05, 3.63) is 64.7 Å². The molecule has 0 unspecified atom stereocenters. The van der Waals surface area contributed by atoms with Crippen LogP contribution in [0.3, 0.4) is 0 Å². The molecule has 0 heterocycles. The smallest absolute Gasteiger partial charge is 0.224 e. The molecule has 0 aliphatic heterocycles. The number of nitrogens with one attached hydrogen (secondary N) is 1. The monoisotopic (exact) mass is 315 g/mol. The molecule has 0 atom stereocenters. The number of halogens is 1. The molecule has 3 nitrogen and oxygen atoms in total. The van der Waals surface area contributed by atoms with E-state index in [-0.39, 0.29) is 11.7 Å². The number of hydrogen-bond acceptors (Lipinski definition) is 2. The Labute approximate surface area is 135 Å². The Hall–Kier alpha value is -2.13. The van der Waals surface area contributed by atoms with Gasteiger partial charge in [0.25, 0.3) is 0 Å². The van der Waals surface area contributed by atoms with Gasteiger partial charge in [0.1, 0.15) is 0 Å². The minimum absolute atomic E-state index is 0.0623. The molecule has 2 aromatic carbocycles. The second-order valence-corrected chi connectivity index (χ2v) is 5.59. The third-order valence-corrected chi connectivity index (χ3v) is 3.61. The number of Topliss-reactive ketones (excluding diaryl/α,β-unsaturated/α-hetero) is 1. The number of aryl methyl sites for hydroxylation is 1. The van der Waals surface area contributed by atoms with E-state index in [1.165, 1.54) is 0 Å². The summed E-state index contributed by atoms with van der Waals surface area (Å²) < 4.78 is 0. The van der Waals surface area contributed by atoms with E-state index in [0.717, 1.165) is 5.56 Å². The standard InChI is InChI=1S/C18H18ClNO2/c1-13-10-11-15(19)12-16(13)20-18(22)9-5-8-17(21)14-6-3-2-4-7-14/h2-4,6-7,10-12H,5,8-9H2,1H3,(H,20,22). The summed E-state index contributed by atoms with van der Waals surface area (Å²) in [7, 11) is 0. The van der Waals surface area contributed by atoms with Gasteiger partial charge in [0.05, 0.1) is 0 Å². The fraction of sp³-hybridized carbons (Fsp3) is 0.222. The average molecular weight is 316 g/mol. The number of carbonyl (C=O) groups is 2. The molecule has 4 heteroatoms. The van der Waals surface area contributed by atoms with Crippen molar-refractivity contribution in [3.63, 3.8) is 0 Å². The van der Waals surface area contributed by atoms with Crippen LogP contribution >= 0.6 is 11.6 Å². The predicted molar refractivity (Wildman–Crippen MR) is 89.4 cm³/mol. The molecule has 0 saturated heterocycles. The number of rotatable bonds is 6. The highest BCUT2D eigenvalue weighted by atomic mass is 35.5. The van der Waals surface area contributed by atoms with Crippen molar-refractivity contribution in [2.45, 2.75) is 26.2 Å². The Balaban J connectivity index is 1.81. The van der Waals surface area contributed by atoms with E-state index in [9.17, 15) is 9.59 Å². The van der Waals surface area contributed by atoms with Crippen molar-refractivity contribution in [2.75, 3.05) is 5.32 Å². The van der Waals surface area contributed by atoms with Gasteiger partial charge in [0, 0.05) is 29.1 Å². The zero-order chi connectivity index (χ0) is 15.9. The summed E-state index contributed by atoms with van der Waals surface area (Å²) in [5, 5.41) is 3.41. The Morgan fingerprint density at radius 3 is 2.50 bits per heavy atom. The van der Waals surface area contributed by atoms with Gasteiger partial charge in [-0.25, -0.2) is 0 Å². The average Bonchev–Trinajstić information content (AvgIpc) is 2.51. The van der Waals surface area contributed by atoms with Crippen molar-refractivity contribution >= 4 is 29.0 Å². The molecule has 2 rings (SSSR count). The molecule has 22 heavy (non-hydrogen) atoms. The minimum atomic E-state index is -0.105. The lowest BCUT2D eigenvalue weighted by Crippen LogP contribution is -2.12. The van der Waals surface area contributed by atoms with E-state index in [4.69, 9.17) is 11.6 Å². The zero-order valence-corrected chi connectivity index (χ0v) is 13.2. The number of benzene rings is 2. The van der Waals surface area contributed by atoms with Gasteiger partial charge in [0.2, 0.25) is 5.91 Å². The van der Waals surface area contributed by atoms with E-state index in [0.29, 0.717) is 35.5 Å². The Morgan fingerprint density at radius 1 is 1.05 bits per heavy atom. The Morgan fingerprint density at radius 2 is 1.77 bits per heavy atom. The summed E-state index contributed by atoms with van der Waals surface area (Å²) in [5.74, 6) is -0.0430. The van der Waals surface area contributed by atoms with Crippen molar-refractivity contribution < 1.29 is 9.59 Å². The van der Waals surface area contributed by atoms with Crippen molar-refractivity contribution in [2.24, 2.45) is 0 Å². The van der Waals surface area contributed by atoms with Gasteiger partial charge in [-0.1, -0.05) is 48.0 Å². The van der Waals surface area contributed by atoms with Crippen LogP contribution in [0, 0.1) is 6.92 Å². The van der Waals surface area contributed by atoms with Crippen LogP contribution in [0.15, 0.2) is 48.5 Å². The topological polar surface area (TPSA) is 46.2 Å². The second-order valence-electron chi connectivity index (χ2n) is 5.15. The maximum atomic E-state index is 11.9. The summed E-state index contributed by atoms with van der Waals surface area (Å²) in [6.45, 7) is 1.91. The lowest BCUT2D eigenvalue weighted by Gasteiger charge is -2.08. The molecule has 0 fully saturated rings. The fourth-order valence-electron chi connectivity index (χ4n) is 2.12. The molecule has 1 amide bonds. The first-order valence-corrected chi connectivity index (χ1v) is 7.58. The van der Waals surface area contributed by atoms with Crippen LogP contribution in [-0.2, 0) is 4.79 Å². The van der Waals surface area contributed by atoms with E-state index in [1.807, 2.05) is 31.2 Å². The number of ketones is 1. The van der Waals surface area contributed by atoms with Crippen LogP contribution in [0.25, 0.3) is 0 Å². The lowest BCUT2D eigenvalue weighted by molar-refractivity contribution is -0.116. The SMILES string of the molecule is Cc1ccc(Cl)cc1NC(=O)CCCC(=O)c1ccccc1. The summed E-state index contributed by atoms with van der Waals surface area (Å²) >= 11 is 5.92. The molecule has 0 aliphatic rings. The van der Waals surface area contributed by atoms with E-state index in [2.05, 4.69) is 5.32 Å². The van der Waals surface area contributed by atoms with E-state index < -0.39 is 0 Å². The molecule has 0 spiro atoms.